The van der Waals surface area contributed by atoms with Gasteiger partial charge in [-0.05, 0) is 17.6 Å². The Labute approximate surface area is 73.6 Å². The lowest BCUT2D eigenvalue weighted by Gasteiger charge is -2.10. The molecule has 1 rings (SSSR count). The molecule has 1 atom stereocenters. The van der Waals surface area contributed by atoms with E-state index in [1.165, 1.54) is 12.8 Å². The second-order valence-corrected chi connectivity index (χ2v) is 5.32. The van der Waals surface area contributed by atoms with Crippen LogP contribution in [0.25, 0.3) is 0 Å². The number of thioether (sulfide) groups is 1. The number of hydrogen-bond acceptors (Lipinski definition) is 2. The molecule has 1 saturated carbocycles. The van der Waals surface area contributed by atoms with Crippen molar-refractivity contribution in [3.05, 3.63) is 0 Å². The van der Waals surface area contributed by atoms with Crippen LogP contribution in [-0.4, -0.2) is 22.2 Å². The summed E-state index contributed by atoms with van der Waals surface area (Å²) < 4.78 is 0. The highest BCUT2D eigenvalue weighted by Gasteiger charge is 2.24. The highest BCUT2D eigenvalue weighted by molar-refractivity contribution is 7.99. The standard InChI is InChI=1S/C9H18OS/c1-7(2)11-6-9(10)5-8-3-4-8/h7-10H,3-6H2,1-2H3. The second-order valence-electron chi connectivity index (χ2n) is 3.71. The lowest BCUT2D eigenvalue weighted by Crippen LogP contribution is -2.12. The lowest BCUT2D eigenvalue weighted by atomic mass is 10.2. The van der Waals surface area contributed by atoms with Gasteiger partial charge < -0.3 is 5.11 Å². The van der Waals surface area contributed by atoms with E-state index in [0.29, 0.717) is 5.25 Å². The second kappa shape index (κ2) is 4.36. The van der Waals surface area contributed by atoms with Crippen molar-refractivity contribution < 1.29 is 5.11 Å². The summed E-state index contributed by atoms with van der Waals surface area (Å²) >= 11 is 1.86. The Morgan fingerprint density at radius 2 is 2.09 bits per heavy atom. The molecule has 0 heterocycles. The Kier molecular flexibility index (Phi) is 3.73. The molecule has 1 aliphatic rings. The van der Waals surface area contributed by atoms with Gasteiger partial charge in [0.25, 0.3) is 0 Å². The Balaban J connectivity index is 1.95. The minimum Gasteiger partial charge on any atom is -0.392 e. The van der Waals surface area contributed by atoms with Crippen molar-refractivity contribution in [3.63, 3.8) is 0 Å². The molecule has 66 valence electrons. The molecule has 0 aromatic rings. The van der Waals surface area contributed by atoms with Crippen LogP contribution in [0.2, 0.25) is 0 Å². The predicted molar refractivity (Wildman–Crippen MR) is 50.9 cm³/mol. The first-order valence-corrected chi connectivity index (χ1v) is 5.53. The molecule has 1 fully saturated rings. The zero-order valence-corrected chi connectivity index (χ0v) is 8.23. The van der Waals surface area contributed by atoms with Crippen LogP contribution >= 0.6 is 11.8 Å². The van der Waals surface area contributed by atoms with Gasteiger partial charge in [-0.25, -0.2) is 0 Å². The van der Waals surface area contributed by atoms with E-state index in [-0.39, 0.29) is 6.10 Å². The molecule has 0 aromatic carbocycles. The summed E-state index contributed by atoms with van der Waals surface area (Å²) in [4.78, 5) is 0. The van der Waals surface area contributed by atoms with Crippen LogP contribution in [-0.2, 0) is 0 Å². The van der Waals surface area contributed by atoms with Gasteiger partial charge in [0, 0.05) is 5.75 Å². The molecule has 1 N–H and O–H groups in total. The molecule has 2 heteroatoms. The van der Waals surface area contributed by atoms with E-state index >= 15 is 0 Å². The lowest BCUT2D eigenvalue weighted by molar-refractivity contribution is 0.182. The van der Waals surface area contributed by atoms with Crippen LogP contribution in [0.3, 0.4) is 0 Å². The van der Waals surface area contributed by atoms with Gasteiger partial charge in [-0.3, -0.25) is 0 Å². The largest absolute Gasteiger partial charge is 0.392 e. The average molecular weight is 174 g/mol. The van der Waals surface area contributed by atoms with Gasteiger partial charge in [-0.2, -0.15) is 11.8 Å². The molecule has 0 aromatic heterocycles. The maximum Gasteiger partial charge on any atom is 0.0633 e. The maximum absolute atomic E-state index is 9.49. The third kappa shape index (κ3) is 4.70. The van der Waals surface area contributed by atoms with Crippen LogP contribution in [0.4, 0.5) is 0 Å². The first kappa shape index (κ1) is 9.40. The molecule has 0 saturated heterocycles. The van der Waals surface area contributed by atoms with Crippen LogP contribution in [0.15, 0.2) is 0 Å². The van der Waals surface area contributed by atoms with E-state index in [2.05, 4.69) is 13.8 Å². The molecule has 0 radical (unpaired) electrons. The molecule has 1 unspecified atom stereocenters. The molecular formula is C9H18OS. The number of rotatable bonds is 5. The predicted octanol–water partition coefficient (Wildman–Crippen LogP) is 2.29. The quantitative estimate of drug-likeness (QED) is 0.690. The normalized spacial score (nSPS) is 20.7. The summed E-state index contributed by atoms with van der Waals surface area (Å²) in [5.74, 6) is 1.78. The van der Waals surface area contributed by atoms with Crippen LogP contribution in [0.1, 0.15) is 33.1 Å². The summed E-state index contributed by atoms with van der Waals surface area (Å²) in [5.41, 5.74) is 0. The molecule has 0 spiro atoms. The van der Waals surface area contributed by atoms with E-state index in [1.807, 2.05) is 11.8 Å². The number of aliphatic hydroxyl groups is 1. The Morgan fingerprint density at radius 3 is 2.55 bits per heavy atom. The first-order chi connectivity index (χ1) is 5.18. The van der Waals surface area contributed by atoms with Crippen molar-refractivity contribution in [2.75, 3.05) is 5.75 Å². The fourth-order valence-electron chi connectivity index (χ4n) is 1.11. The average Bonchev–Trinajstić information content (AvgIpc) is 2.67. The van der Waals surface area contributed by atoms with Crippen LogP contribution in [0.5, 0.6) is 0 Å². The molecular weight excluding hydrogens is 156 g/mol. The molecule has 0 bridgehead atoms. The van der Waals surface area contributed by atoms with Crippen molar-refractivity contribution in [1.29, 1.82) is 0 Å². The van der Waals surface area contributed by atoms with Crippen molar-refractivity contribution >= 4 is 11.8 Å². The zero-order chi connectivity index (χ0) is 8.27. The summed E-state index contributed by atoms with van der Waals surface area (Å²) in [6.07, 6.45) is 3.70. The van der Waals surface area contributed by atoms with Gasteiger partial charge in [-0.15, -0.1) is 0 Å². The Bertz CT molecular complexity index is 110. The minimum absolute atomic E-state index is 0.0464. The van der Waals surface area contributed by atoms with E-state index in [1.54, 1.807) is 0 Å². The van der Waals surface area contributed by atoms with Gasteiger partial charge in [-0.1, -0.05) is 26.7 Å². The monoisotopic (exact) mass is 174 g/mol. The highest BCUT2D eigenvalue weighted by Crippen LogP contribution is 2.34. The summed E-state index contributed by atoms with van der Waals surface area (Å²) in [6.45, 7) is 4.35. The third-order valence-electron chi connectivity index (χ3n) is 1.92. The van der Waals surface area contributed by atoms with Crippen LogP contribution < -0.4 is 0 Å². The summed E-state index contributed by atoms with van der Waals surface area (Å²) in [6, 6.07) is 0. The molecule has 1 aliphatic carbocycles. The Morgan fingerprint density at radius 1 is 1.45 bits per heavy atom. The van der Waals surface area contributed by atoms with Crippen LogP contribution in [0, 0.1) is 5.92 Å². The highest BCUT2D eigenvalue weighted by atomic mass is 32.2. The van der Waals surface area contributed by atoms with Gasteiger partial charge in [0.2, 0.25) is 0 Å². The molecule has 1 nitrogen and oxygen atoms in total. The fourth-order valence-corrected chi connectivity index (χ4v) is 1.85. The Hall–Kier alpha value is 0.310. The molecule has 11 heavy (non-hydrogen) atoms. The summed E-state index contributed by atoms with van der Waals surface area (Å²) in [7, 11) is 0. The van der Waals surface area contributed by atoms with Crippen molar-refractivity contribution in [3.8, 4) is 0 Å². The smallest absolute Gasteiger partial charge is 0.0633 e. The molecule has 0 amide bonds. The van der Waals surface area contributed by atoms with Crippen molar-refractivity contribution in [1.82, 2.24) is 0 Å². The number of hydrogen-bond donors (Lipinski definition) is 1. The van der Waals surface area contributed by atoms with Gasteiger partial charge in [0.15, 0.2) is 0 Å². The minimum atomic E-state index is -0.0464. The topological polar surface area (TPSA) is 20.2 Å². The van der Waals surface area contributed by atoms with Crippen molar-refractivity contribution in [2.45, 2.75) is 44.5 Å². The van der Waals surface area contributed by atoms with Gasteiger partial charge in [0.05, 0.1) is 6.10 Å². The van der Waals surface area contributed by atoms with Crippen molar-refractivity contribution in [2.24, 2.45) is 5.92 Å². The molecule has 0 aliphatic heterocycles. The van der Waals surface area contributed by atoms with E-state index in [4.69, 9.17) is 0 Å². The fraction of sp³-hybridized carbons (Fsp3) is 1.00. The van der Waals surface area contributed by atoms with Gasteiger partial charge in [0.1, 0.15) is 0 Å². The SMILES string of the molecule is CC(C)SCC(O)CC1CC1. The zero-order valence-electron chi connectivity index (χ0n) is 7.42. The van der Waals surface area contributed by atoms with Gasteiger partial charge >= 0.3 is 0 Å². The third-order valence-corrected chi connectivity index (χ3v) is 3.17. The van der Waals surface area contributed by atoms with E-state index < -0.39 is 0 Å². The maximum atomic E-state index is 9.49. The summed E-state index contributed by atoms with van der Waals surface area (Å²) in [5, 5.41) is 10.1. The first-order valence-electron chi connectivity index (χ1n) is 4.48. The van der Waals surface area contributed by atoms with E-state index in [9.17, 15) is 5.11 Å². The number of aliphatic hydroxyl groups excluding tert-OH is 1. The van der Waals surface area contributed by atoms with E-state index in [0.717, 1.165) is 18.1 Å².